The molecule has 0 aliphatic carbocycles. The van der Waals surface area contributed by atoms with Gasteiger partial charge in [-0.05, 0) is 36.2 Å². The van der Waals surface area contributed by atoms with Gasteiger partial charge in [-0.25, -0.2) is 19.9 Å². The Morgan fingerprint density at radius 2 is 1.75 bits per heavy atom. The van der Waals surface area contributed by atoms with Crippen LogP contribution in [-0.2, 0) is 6.18 Å². The molecule has 1 fully saturated rings. The van der Waals surface area contributed by atoms with Gasteiger partial charge in [0.05, 0.1) is 13.2 Å². The first-order chi connectivity index (χ1) is 19.1. The maximum atomic E-state index is 13.7. The maximum absolute atomic E-state index is 13.7. The summed E-state index contributed by atoms with van der Waals surface area (Å²) in [4.78, 5) is 34.2. The summed E-state index contributed by atoms with van der Waals surface area (Å²) in [6, 6.07) is 6.38. The summed E-state index contributed by atoms with van der Waals surface area (Å²) in [5, 5.41) is 0.328. The first kappa shape index (κ1) is 27.3. The van der Waals surface area contributed by atoms with Crippen LogP contribution in [0.1, 0.15) is 41.8 Å². The van der Waals surface area contributed by atoms with Gasteiger partial charge in [0.15, 0.2) is 11.5 Å². The molecular formula is C27H28F3N7O3. The van der Waals surface area contributed by atoms with Gasteiger partial charge in [-0.1, -0.05) is 13.8 Å². The number of fused-ring (bicyclic) bond motifs is 1. The quantitative estimate of drug-likeness (QED) is 0.370. The second kappa shape index (κ2) is 10.7. The third kappa shape index (κ3) is 5.16. The van der Waals surface area contributed by atoms with Gasteiger partial charge in [0.2, 0.25) is 11.8 Å². The van der Waals surface area contributed by atoms with Gasteiger partial charge in [-0.3, -0.25) is 4.79 Å². The Bertz CT molecular complexity index is 1520. The molecule has 1 saturated heterocycles. The third-order valence-corrected chi connectivity index (χ3v) is 6.84. The van der Waals surface area contributed by atoms with Crippen molar-refractivity contribution >= 4 is 22.8 Å². The molecule has 0 saturated carbocycles. The smallest absolute Gasteiger partial charge is 0.433 e. The number of hydrogen-bond donors (Lipinski definition) is 1. The van der Waals surface area contributed by atoms with Gasteiger partial charge in [-0.2, -0.15) is 13.2 Å². The average molecular weight is 556 g/mol. The number of methoxy groups -OCH3 is 1. The number of amides is 1. The average Bonchev–Trinajstić information content (AvgIpc) is 3.40. The lowest BCUT2D eigenvalue weighted by Gasteiger charge is -2.34. The molecule has 210 valence electrons. The second-order valence-corrected chi connectivity index (χ2v) is 9.74. The summed E-state index contributed by atoms with van der Waals surface area (Å²) in [6.07, 6.45) is -1.30. The van der Waals surface area contributed by atoms with Gasteiger partial charge in [0.1, 0.15) is 17.0 Å². The normalized spacial score (nSPS) is 15.1. The van der Waals surface area contributed by atoms with Crippen molar-refractivity contribution in [2.24, 2.45) is 11.7 Å². The van der Waals surface area contributed by atoms with E-state index < -0.39 is 17.9 Å². The molecule has 4 heterocycles. The van der Waals surface area contributed by atoms with E-state index in [1.54, 1.807) is 29.4 Å². The number of ether oxygens (including phenoxy) is 1. The molecule has 40 heavy (non-hydrogen) atoms. The summed E-state index contributed by atoms with van der Waals surface area (Å²) in [6.45, 7) is 5.66. The first-order valence-electron chi connectivity index (χ1n) is 12.7. The molecule has 4 aromatic rings. The lowest BCUT2D eigenvalue weighted by Crippen LogP contribution is -2.49. The topological polar surface area (TPSA) is 124 Å². The fraction of sp³-hybridized carbons (Fsp3) is 0.370. The monoisotopic (exact) mass is 555 g/mol. The lowest BCUT2D eigenvalue weighted by atomic mass is 10.0. The fourth-order valence-corrected chi connectivity index (χ4v) is 4.54. The number of benzene rings is 1. The Kier molecular flexibility index (Phi) is 7.32. The Labute approximate surface area is 228 Å². The number of oxazole rings is 1. The SMILES string of the molecule is COc1ccc(-c2nc(C(=O)N3CCN(c4ncccn4)CC3)c([C@@H](N)C(C)C)o2)c2ccc(C(F)(F)F)nc12. The number of alkyl halides is 3. The minimum Gasteiger partial charge on any atom is -0.494 e. The summed E-state index contributed by atoms with van der Waals surface area (Å²) in [5.74, 6) is 0.599. The number of nitrogens with two attached hydrogens (primary N) is 1. The predicted octanol–water partition coefficient (Wildman–Crippen LogP) is 4.33. The number of halogens is 3. The van der Waals surface area contributed by atoms with Crippen molar-refractivity contribution in [1.82, 2.24) is 24.8 Å². The molecular weight excluding hydrogens is 527 g/mol. The van der Waals surface area contributed by atoms with Crippen molar-refractivity contribution in [3.05, 3.63) is 59.9 Å². The first-order valence-corrected chi connectivity index (χ1v) is 12.7. The van der Waals surface area contributed by atoms with Crippen molar-refractivity contribution in [2.75, 3.05) is 38.2 Å². The molecule has 0 spiro atoms. The molecule has 5 rings (SSSR count). The molecule has 3 aromatic heterocycles. The van der Waals surface area contributed by atoms with Gasteiger partial charge < -0.3 is 24.7 Å². The zero-order valence-electron chi connectivity index (χ0n) is 22.1. The molecule has 13 heteroatoms. The highest BCUT2D eigenvalue weighted by molar-refractivity contribution is 5.98. The Morgan fingerprint density at radius 1 is 1.05 bits per heavy atom. The van der Waals surface area contributed by atoms with E-state index in [9.17, 15) is 18.0 Å². The zero-order chi connectivity index (χ0) is 28.6. The summed E-state index contributed by atoms with van der Waals surface area (Å²) >= 11 is 0. The number of pyridine rings is 1. The van der Waals surface area contributed by atoms with Crippen LogP contribution >= 0.6 is 0 Å². The van der Waals surface area contributed by atoms with Crippen LogP contribution in [0, 0.1) is 5.92 Å². The third-order valence-electron chi connectivity index (χ3n) is 6.84. The Hall–Kier alpha value is -4.26. The van der Waals surface area contributed by atoms with Crippen LogP contribution < -0.4 is 15.4 Å². The van der Waals surface area contributed by atoms with Crippen LogP contribution in [0.3, 0.4) is 0 Å². The molecule has 1 amide bonds. The molecule has 2 N–H and O–H groups in total. The minimum absolute atomic E-state index is 0.00476. The van der Waals surface area contributed by atoms with E-state index in [1.165, 1.54) is 19.2 Å². The molecule has 1 aliphatic heterocycles. The van der Waals surface area contributed by atoms with Crippen molar-refractivity contribution < 1.29 is 27.1 Å². The number of rotatable bonds is 6. The number of piperazine rings is 1. The zero-order valence-corrected chi connectivity index (χ0v) is 22.1. The van der Waals surface area contributed by atoms with Crippen molar-refractivity contribution in [3.8, 4) is 17.2 Å². The molecule has 0 radical (unpaired) electrons. The van der Waals surface area contributed by atoms with Crippen LogP contribution in [0.5, 0.6) is 5.75 Å². The maximum Gasteiger partial charge on any atom is 0.433 e. The number of nitrogens with zero attached hydrogens (tertiary/aromatic N) is 6. The van der Waals surface area contributed by atoms with Crippen LogP contribution in [0.25, 0.3) is 22.4 Å². The van der Waals surface area contributed by atoms with Crippen LogP contribution in [0.15, 0.2) is 47.1 Å². The highest BCUT2D eigenvalue weighted by Crippen LogP contribution is 2.38. The Morgan fingerprint density at radius 3 is 2.38 bits per heavy atom. The molecule has 0 bridgehead atoms. The van der Waals surface area contributed by atoms with Crippen LogP contribution in [-0.4, -0.2) is 64.0 Å². The minimum atomic E-state index is -4.63. The van der Waals surface area contributed by atoms with Crippen LogP contribution in [0.2, 0.25) is 0 Å². The van der Waals surface area contributed by atoms with Crippen molar-refractivity contribution in [1.29, 1.82) is 0 Å². The molecule has 10 nitrogen and oxygen atoms in total. The number of carbonyl (C=O) groups is 1. The van der Waals surface area contributed by atoms with E-state index in [-0.39, 0.29) is 40.4 Å². The van der Waals surface area contributed by atoms with E-state index >= 15 is 0 Å². The number of anilines is 1. The number of carbonyl (C=O) groups excluding carboxylic acids is 1. The summed E-state index contributed by atoms with van der Waals surface area (Å²) in [7, 11) is 1.35. The van der Waals surface area contributed by atoms with E-state index in [4.69, 9.17) is 14.9 Å². The number of aromatic nitrogens is 4. The van der Waals surface area contributed by atoms with E-state index in [0.29, 0.717) is 43.1 Å². The number of hydrogen-bond acceptors (Lipinski definition) is 9. The van der Waals surface area contributed by atoms with E-state index in [1.807, 2.05) is 18.7 Å². The highest BCUT2D eigenvalue weighted by Gasteiger charge is 2.34. The van der Waals surface area contributed by atoms with Gasteiger partial charge in [-0.15, -0.1) is 0 Å². The van der Waals surface area contributed by atoms with E-state index in [2.05, 4.69) is 19.9 Å². The second-order valence-electron chi connectivity index (χ2n) is 9.74. The molecule has 1 aliphatic rings. The summed E-state index contributed by atoms with van der Waals surface area (Å²) < 4.78 is 51.5. The van der Waals surface area contributed by atoms with Crippen molar-refractivity contribution in [3.63, 3.8) is 0 Å². The predicted molar refractivity (Wildman–Crippen MR) is 141 cm³/mol. The molecule has 1 aromatic carbocycles. The van der Waals surface area contributed by atoms with Crippen molar-refractivity contribution in [2.45, 2.75) is 26.1 Å². The fourth-order valence-electron chi connectivity index (χ4n) is 4.54. The van der Waals surface area contributed by atoms with Gasteiger partial charge in [0, 0.05) is 49.5 Å². The van der Waals surface area contributed by atoms with Gasteiger partial charge in [0.25, 0.3) is 5.91 Å². The van der Waals surface area contributed by atoms with Gasteiger partial charge >= 0.3 is 6.18 Å². The standard InChI is InChI=1S/C27H28F3N7O3/c1-15(2)20(31)23-22(25(38)36-11-13-37(14-12-36)26-32-9-4-10-33-26)35-24(40-23)17-5-7-18(39-3)21-16(17)6-8-19(34-21)27(28,29)30/h4-10,15,20H,11-14,31H2,1-3H3/t20-/m0/s1. The largest absolute Gasteiger partial charge is 0.494 e. The molecule has 1 atom stereocenters. The van der Waals surface area contributed by atoms with Crippen LogP contribution in [0.4, 0.5) is 19.1 Å². The Balaban J connectivity index is 1.52. The van der Waals surface area contributed by atoms with E-state index in [0.717, 1.165) is 6.07 Å². The summed E-state index contributed by atoms with van der Waals surface area (Å²) in [5.41, 5.74) is 5.81. The molecule has 0 unspecified atom stereocenters. The lowest BCUT2D eigenvalue weighted by molar-refractivity contribution is -0.140. The highest BCUT2D eigenvalue weighted by atomic mass is 19.4.